The smallest absolute Gasteiger partial charge is 0.143 e. The van der Waals surface area contributed by atoms with E-state index in [2.05, 4.69) is 6.92 Å². The fraction of sp³-hybridized carbons (Fsp3) is 1.00. The number of hydrogen-bond acceptors (Lipinski definition) is 2. The zero-order valence-electron chi connectivity index (χ0n) is 9.61. The van der Waals surface area contributed by atoms with Crippen LogP contribution in [0.5, 0.6) is 0 Å². The third-order valence-electron chi connectivity index (χ3n) is 5.27. The zero-order valence-corrected chi connectivity index (χ0v) is 9.61. The minimum Gasteiger partial charge on any atom is -0.371 e. The molecule has 4 bridgehead atoms. The summed E-state index contributed by atoms with van der Waals surface area (Å²) in [7, 11) is 0. The largest absolute Gasteiger partial charge is 0.371 e. The summed E-state index contributed by atoms with van der Waals surface area (Å²) in [4.78, 5) is 0. The minimum absolute atomic E-state index is 0.108. The van der Waals surface area contributed by atoms with Gasteiger partial charge in [0.25, 0.3) is 0 Å². The van der Waals surface area contributed by atoms with Gasteiger partial charge in [0.2, 0.25) is 0 Å². The van der Waals surface area contributed by atoms with E-state index in [9.17, 15) is 0 Å². The van der Waals surface area contributed by atoms with E-state index in [1.807, 2.05) is 0 Å². The molecule has 2 heteroatoms. The molecule has 4 aliphatic rings. The molecule has 0 saturated heterocycles. The average molecular weight is 210 g/mol. The molecule has 0 aliphatic heterocycles. The Labute approximate surface area is 92.0 Å². The van der Waals surface area contributed by atoms with Crippen LogP contribution in [0.3, 0.4) is 0 Å². The monoisotopic (exact) mass is 210 g/mol. The highest BCUT2D eigenvalue weighted by Gasteiger charge is 2.53. The van der Waals surface area contributed by atoms with Crippen molar-refractivity contribution in [3.63, 3.8) is 0 Å². The Bertz CT molecular complexity index is 214. The number of hydrogen-bond donors (Lipinski definition) is 1. The molecule has 4 saturated carbocycles. The van der Waals surface area contributed by atoms with E-state index in [4.69, 9.17) is 9.84 Å². The fourth-order valence-corrected chi connectivity index (χ4v) is 4.96. The van der Waals surface area contributed by atoms with Gasteiger partial charge in [-0.3, -0.25) is 0 Å². The highest BCUT2D eigenvalue weighted by molar-refractivity contribution is 5.03. The highest BCUT2D eigenvalue weighted by Crippen LogP contribution is 2.61. The van der Waals surface area contributed by atoms with Gasteiger partial charge in [0.15, 0.2) is 0 Å². The summed E-state index contributed by atoms with van der Waals surface area (Å²) < 4.78 is 5.48. The van der Waals surface area contributed by atoms with Crippen molar-refractivity contribution in [2.24, 2.45) is 23.2 Å². The Balaban J connectivity index is 1.80. The highest BCUT2D eigenvalue weighted by atomic mass is 16.6. The van der Waals surface area contributed by atoms with Gasteiger partial charge in [0.05, 0.1) is 6.10 Å². The van der Waals surface area contributed by atoms with Gasteiger partial charge in [-0.15, -0.1) is 0 Å². The van der Waals surface area contributed by atoms with E-state index in [0.717, 1.165) is 17.8 Å². The summed E-state index contributed by atoms with van der Waals surface area (Å²) in [5.74, 6) is 2.92. The molecule has 2 nitrogen and oxygen atoms in total. The second kappa shape index (κ2) is 3.46. The first-order valence-corrected chi connectivity index (χ1v) is 6.44. The van der Waals surface area contributed by atoms with Crippen molar-refractivity contribution < 1.29 is 9.84 Å². The van der Waals surface area contributed by atoms with Crippen LogP contribution in [0.25, 0.3) is 0 Å². The third kappa shape index (κ3) is 1.53. The van der Waals surface area contributed by atoms with E-state index in [1.54, 1.807) is 0 Å². The number of rotatable bonds is 3. The molecule has 4 fully saturated rings. The first kappa shape index (κ1) is 10.1. The summed E-state index contributed by atoms with van der Waals surface area (Å²) in [5.41, 5.74) is 0.428. The molecule has 0 radical (unpaired) electrons. The molecule has 0 spiro atoms. The van der Waals surface area contributed by atoms with E-state index >= 15 is 0 Å². The van der Waals surface area contributed by atoms with Crippen molar-refractivity contribution in [3.8, 4) is 0 Å². The van der Waals surface area contributed by atoms with Gasteiger partial charge < -0.3 is 9.84 Å². The molecule has 1 unspecified atom stereocenters. The quantitative estimate of drug-likeness (QED) is 0.725. The molecular weight excluding hydrogens is 188 g/mol. The van der Waals surface area contributed by atoms with Crippen molar-refractivity contribution in [1.82, 2.24) is 0 Å². The Morgan fingerprint density at radius 1 is 1.13 bits per heavy atom. The zero-order chi connectivity index (χ0) is 10.5. The maximum atomic E-state index is 8.92. The lowest BCUT2D eigenvalue weighted by Gasteiger charge is -2.58. The molecule has 0 amide bonds. The summed E-state index contributed by atoms with van der Waals surface area (Å²) >= 11 is 0. The van der Waals surface area contributed by atoms with Gasteiger partial charge in [-0.05, 0) is 68.6 Å². The predicted octanol–water partition coefficient (Wildman–Crippen LogP) is 2.56. The van der Waals surface area contributed by atoms with E-state index in [0.29, 0.717) is 5.41 Å². The van der Waals surface area contributed by atoms with Crippen molar-refractivity contribution in [2.75, 3.05) is 6.79 Å². The minimum atomic E-state index is -0.108. The van der Waals surface area contributed by atoms with Crippen LogP contribution in [-0.4, -0.2) is 18.0 Å². The molecule has 1 atom stereocenters. The van der Waals surface area contributed by atoms with Crippen LogP contribution < -0.4 is 0 Å². The predicted molar refractivity (Wildman–Crippen MR) is 58.2 cm³/mol. The molecule has 0 aromatic carbocycles. The second-order valence-corrected chi connectivity index (χ2v) is 6.22. The molecular formula is C13H22O2. The fourth-order valence-electron chi connectivity index (χ4n) is 4.96. The van der Waals surface area contributed by atoms with Gasteiger partial charge in [-0.25, -0.2) is 0 Å². The Hall–Kier alpha value is -0.0800. The molecule has 86 valence electrons. The van der Waals surface area contributed by atoms with Crippen LogP contribution in [0.4, 0.5) is 0 Å². The number of aliphatic hydroxyl groups excluding tert-OH is 1. The van der Waals surface area contributed by atoms with E-state index in [-0.39, 0.29) is 12.9 Å². The van der Waals surface area contributed by atoms with Crippen LogP contribution >= 0.6 is 0 Å². The third-order valence-corrected chi connectivity index (χ3v) is 5.27. The normalized spacial score (nSPS) is 49.6. The molecule has 4 aliphatic carbocycles. The number of ether oxygens (including phenoxy) is 1. The maximum Gasteiger partial charge on any atom is 0.143 e. The standard InChI is InChI=1S/C13H22O2/c1-9(15-8-14)13-5-10-2-11(6-13)4-12(3-10)7-13/h9-12,14H,2-8H2,1H3. The molecule has 15 heavy (non-hydrogen) atoms. The van der Waals surface area contributed by atoms with E-state index < -0.39 is 0 Å². The van der Waals surface area contributed by atoms with Gasteiger partial charge >= 0.3 is 0 Å². The van der Waals surface area contributed by atoms with Crippen LogP contribution in [0, 0.1) is 23.2 Å². The lowest BCUT2D eigenvalue weighted by molar-refractivity contribution is -0.161. The lowest BCUT2D eigenvalue weighted by atomic mass is 9.48. The second-order valence-electron chi connectivity index (χ2n) is 6.22. The van der Waals surface area contributed by atoms with Gasteiger partial charge in [0, 0.05) is 0 Å². The Morgan fingerprint density at radius 2 is 1.60 bits per heavy atom. The van der Waals surface area contributed by atoms with Gasteiger partial charge in [-0.2, -0.15) is 0 Å². The van der Waals surface area contributed by atoms with Crippen molar-refractivity contribution in [2.45, 2.75) is 51.6 Å². The van der Waals surface area contributed by atoms with Crippen LogP contribution in [0.1, 0.15) is 45.4 Å². The Kier molecular flexibility index (Phi) is 2.33. The summed E-state index contributed by atoms with van der Waals surface area (Å²) in [6, 6.07) is 0. The number of aliphatic hydroxyl groups is 1. The SMILES string of the molecule is CC(OCO)C12CC3CC(CC(C3)C1)C2. The van der Waals surface area contributed by atoms with Crippen LogP contribution in [0.2, 0.25) is 0 Å². The van der Waals surface area contributed by atoms with Gasteiger partial charge in [-0.1, -0.05) is 0 Å². The first-order valence-electron chi connectivity index (χ1n) is 6.44. The molecule has 0 heterocycles. The summed E-state index contributed by atoms with van der Waals surface area (Å²) in [6.07, 6.45) is 8.78. The molecule has 0 aromatic rings. The maximum absolute atomic E-state index is 8.92. The first-order chi connectivity index (χ1) is 7.22. The molecule has 1 N–H and O–H groups in total. The summed E-state index contributed by atoms with van der Waals surface area (Å²) in [6.45, 7) is 2.06. The van der Waals surface area contributed by atoms with Crippen molar-refractivity contribution in [3.05, 3.63) is 0 Å². The van der Waals surface area contributed by atoms with E-state index in [1.165, 1.54) is 38.5 Å². The van der Waals surface area contributed by atoms with Gasteiger partial charge in [0.1, 0.15) is 6.79 Å². The van der Waals surface area contributed by atoms with Crippen molar-refractivity contribution in [1.29, 1.82) is 0 Å². The topological polar surface area (TPSA) is 29.5 Å². The molecule has 0 aromatic heterocycles. The Morgan fingerprint density at radius 3 is 2.00 bits per heavy atom. The van der Waals surface area contributed by atoms with Crippen LogP contribution in [0.15, 0.2) is 0 Å². The summed E-state index contributed by atoms with van der Waals surface area (Å²) in [5, 5.41) is 8.92. The van der Waals surface area contributed by atoms with Crippen LogP contribution in [-0.2, 0) is 4.74 Å². The van der Waals surface area contributed by atoms with Crippen molar-refractivity contribution >= 4 is 0 Å². The average Bonchev–Trinajstić information content (AvgIpc) is 2.15. The molecule has 4 rings (SSSR count). The lowest BCUT2D eigenvalue weighted by Crippen LogP contribution is -2.51.